The Balaban J connectivity index is 1.79. The van der Waals surface area contributed by atoms with Gasteiger partial charge in [0.15, 0.2) is 5.82 Å². The van der Waals surface area contributed by atoms with Gasteiger partial charge >= 0.3 is 6.18 Å². The molecule has 0 radical (unpaired) electrons. The molecule has 11 heteroatoms. The zero-order valence-electron chi connectivity index (χ0n) is 14.4. The summed E-state index contributed by atoms with van der Waals surface area (Å²) in [6.07, 6.45) is -1.05. The largest absolute Gasteiger partial charge is 0.432 e. The molecule has 1 heterocycles. The van der Waals surface area contributed by atoms with Gasteiger partial charge < -0.3 is 5.32 Å². The molecule has 1 aliphatic rings. The van der Waals surface area contributed by atoms with Crippen LogP contribution in [0.25, 0.3) is 0 Å². The summed E-state index contributed by atoms with van der Waals surface area (Å²) in [5, 5.41) is 10.3. The number of aromatic nitrogens is 2. The van der Waals surface area contributed by atoms with Gasteiger partial charge in [-0.05, 0) is 31.0 Å². The van der Waals surface area contributed by atoms with E-state index in [1.54, 1.807) is 0 Å². The van der Waals surface area contributed by atoms with Crippen molar-refractivity contribution in [2.75, 3.05) is 5.32 Å². The number of aliphatic imine (C=N–C) groups is 1. The number of nitrogens with one attached hydrogen (secondary N) is 3. The van der Waals surface area contributed by atoms with Crippen molar-refractivity contribution < 1.29 is 22.4 Å². The van der Waals surface area contributed by atoms with Crippen LogP contribution in [0.1, 0.15) is 41.7 Å². The van der Waals surface area contributed by atoms with Crippen LogP contribution in [0.2, 0.25) is 5.02 Å². The van der Waals surface area contributed by atoms with E-state index in [-0.39, 0.29) is 28.4 Å². The number of nitrogens with zero attached hydrogens (tertiary/aromatic N) is 2. The summed E-state index contributed by atoms with van der Waals surface area (Å²) in [4.78, 5) is 16.8. The molecular weight excluding hydrogens is 402 g/mol. The Morgan fingerprint density at radius 2 is 1.96 bits per heavy atom. The van der Waals surface area contributed by atoms with Gasteiger partial charge in [0.25, 0.3) is 5.91 Å². The number of alkyl halides is 3. The third kappa shape index (κ3) is 5.00. The maximum atomic E-state index is 13.6. The monoisotopic (exact) mass is 417 g/mol. The van der Waals surface area contributed by atoms with Crippen molar-refractivity contribution in [3.05, 3.63) is 46.4 Å². The van der Waals surface area contributed by atoms with Gasteiger partial charge in [-0.3, -0.25) is 15.2 Å². The Bertz CT molecular complexity index is 890. The number of anilines is 1. The maximum Gasteiger partial charge on any atom is 0.432 e. The van der Waals surface area contributed by atoms with Crippen LogP contribution in [0.4, 0.5) is 23.4 Å². The van der Waals surface area contributed by atoms with Gasteiger partial charge in [0.1, 0.15) is 11.5 Å². The first-order chi connectivity index (χ1) is 13.2. The van der Waals surface area contributed by atoms with Crippen molar-refractivity contribution >= 4 is 29.3 Å². The summed E-state index contributed by atoms with van der Waals surface area (Å²) in [7, 11) is 0. The van der Waals surface area contributed by atoms with Crippen LogP contribution >= 0.6 is 11.6 Å². The molecule has 1 aromatic carbocycles. The number of rotatable bonds is 3. The normalized spacial score (nSPS) is 15.7. The fraction of sp³-hybridized carbons (Fsp3) is 0.353. The first kappa shape index (κ1) is 20.1. The third-order valence-electron chi connectivity index (χ3n) is 4.18. The molecule has 1 amide bonds. The molecule has 1 fully saturated rings. The van der Waals surface area contributed by atoms with Gasteiger partial charge in [0.2, 0.25) is 5.96 Å². The van der Waals surface area contributed by atoms with Crippen LogP contribution in [0.5, 0.6) is 0 Å². The minimum Gasteiger partial charge on any atom is -0.309 e. The first-order valence-electron chi connectivity index (χ1n) is 8.46. The molecule has 1 aliphatic carbocycles. The molecule has 0 unspecified atom stereocenters. The predicted octanol–water partition coefficient (Wildman–Crippen LogP) is 4.36. The molecule has 2 aromatic rings. The van der Waals surface area contributed by atoms with Gasteiger partial charge in [-0.25, -0.2) is 9.38 Å². The van der Waals surface area contributed by atoms with Crippen LogP contribution in [0, 0.1) is 5.82 Å². The fourth-order valence-electron chi connectivity index (χ4n) is 2.78. The van der Waals surface area contributed by atoms with E-state index in [2.05, 4.69) is 20.7 Å². The molecule has 28 heavy (non-hydrogen) atoms. The van der Waals surface area contributed by atoms with E-state index in [1.165, 1.54) is 12.1 Å². The Hall–Kier alpha value is -2.62. The summed E-state index contributed by atoms with van der Waals surface area (Å²) < 4.78 is 51.8. The molecule has 0 bridgehead atoms. The average molecular weight is 418 g/mol. The molecule has 150 valence electrons. The van der Waals surface area contributed by atoms with Gasteiger partial charge in [0.05, 0.1) is 11.1 Å². The highest BCUT2D eigenvalue weighted by Crippen LogP contribution is 2.28. The molecule has 3 rings (SSSR count). The van der Waals surface area contributed by atoms with Crippen molar-refractivity contribution in [3.8, 4) is 0 Å². The quantitative estimate of drug-likeness (QED) is 0.394. The van der Waals surface area contributed by atoms with E-state index < -0.39 is 23.6 Å². The SMILES string of the molecule is O=C(NC(=NC1CCCC1)Nc1cc(C(F)(F)F)[nH]n1)c1ccc(Cl)c(F)c1. The van der Waals surface area contributed by atoms with Crippen LogP contribution in [0.3, 0.4) is 0 Å². The van der Waals surface area contributed by atoms with Crippen molar-refractivity contribution in [1.29, 1.82) is 0 Å². The van der Waals surface area contributed by atoms with Gasteiger partial charge in [-0.15, -0.1) is 0 Å². The highest BCUT2D eigenvalue weighted by atomic mass is 35.5. The number of aromatic amines is 1. The maximum absolute atomic E-state index is 13.6. The topological polar surface area (TPSA) is 82.2 Å². The molecule has 1 saturated carbocycles. The van der Waals surface area contributed by atoms with Crippen molar-refractivity contribution in [2.45, 2.75) is 37.9 Å². The Labute approximate surface area is 162 Å². The van der Waals surface area contributed by atoms with E-state index in [1.807, 2.05) is 5.10 Å². The number of hydrogen-bond donors (Lipinski definition) is 3. The second-order valence-electron chi connectivity index (χ2n) is 6.29. The van der Waals surface area contributed by atoms with E-state index in [4.69, 9.17) is 11.6 Å². The van der Waals surface area contributed by atoms with E-state index in [0.29, 0.717) is 0 Å². The van der Waals surface area contributed by atoms with E-state index >= 15 is 0 Å². The van der Waals surface area contributed by atoms with Crippen molar-refractivity contribution in [3.63, 3.8) is 0 Å². The smallest absolute Gasteiger partial charge is 0.309 e. The average Bonchev–Trinajstić information content (AvgIpc) is 3.28. The highest BCUT2D eigenvalue weighted by Gasteiger charge is 2.33. The lowest BCUT2D eigenvalue weighted by Crippen LogP contribution is -2.37. The summed E-state index contributed by atoms with van der Waals surface area (Å²) in [6.45, 7) is 0. The van der Waals surface area contributed by atoms with E-state index in [9.17, 15) is 22.4 Å². The lowest BCUT2D eigenvalue weighted by molar-refractivity contribution is -0.141. The molecule has 0 spiro atoms. The van der Waals surface area contributed by atoms with Gasteiger partial charge in [-0.1, -0.05) is 24.4 Å². The number of hydrogen-bond acceptors (Lipinski definition) is 3. The van der Waals surface area contributed by atoms with Crippen LogP contribution < -0.4 is 10.6 Å². The standard InChI is InChI=1S/C17H16ClF4N5O/c18-11-6-5-9(7-12(11)19)15(28)25-16(23-10-3-1-2-4-10)24-14-8-13(26-27-14)17(20,21)22/h5-8,10H,1-4H2,(H3,23,24,25,26,27,28). The number of H-pyrrole nitrogens is 1. The summed E-state index contributed by atoms with van der Waals surface area (Å²) in [5.74, 6) is -1.68. The minimum absolute atomic E-state index is 0.0131. The number of carbonyl (C=O) groups is 1. The summed E-state index contributed by atoms with van der Waals surface area (Å²) in [5.41, 5.74) is -1.05. The lowest BCUT2D eigenvalue weighted by atomic mass is 10.2. The fourth-order valence-corrected chi connectivity index (χ4v) is 2.90. The Morgan fingerprint density at radius 3 is 2.57 bits per heavy atom. The predicted molar refractivity (Wildman–Crippen MR) is 95.8 cm³/mol. The lowest BCUT2D eigenvalue weighted by Gasteiger charge is -2.12. The minimum atomic E-state index is -4.58. The molecule has 6 nitrogen and oxygen atoms in total. The first-order valence-corrected chi connectivity index (χ1v) is 8.84. The van der Waals surface area contributed by atoms with Gasteiger partial charge in [-0.2, -0.15) is 18.3 Å². The second-order valence-corrected chi connectivity index (χ2v) is 6.70. The Kier molecular flexibility index (Phi) is 5.87. The summed E-state index contributed by atoms with van der Waals surface area (Å²) in [6, 6.07) is 4.20. The second kappa shape index (κ2) is 8.17. The molecule has 0 atom stereocenters. The van der Waals surface area contributed by atoms with Crippen LogP contribution in [0.15, 0.2) is 29.3 Å². The number of amides is 1. The molecule has 0 saturated heterocycles. The van der Waals surface area contributed by atoms with Crippen LogP contribution in [-0.4, -0.2) is 28.1 Å². The summed E-state index contributed by atoms with van der Waals surface area (Å²) >= 11 is 5.60. The van der Waals surface area contributed by atoms with Crippen molar-refractivity contribution in [1.82, 2.24) is 15.5 Å². The number of benzene rings is 1. The molecular formula is C17H16ClF4N5O. The molecule has 3 N–H and O–H groups in total. The number of carbonyl (C=O) groups excluding carboxylic acids is 1. The van der Waals surface area contributed by atoms with Crippen LogP contribution in [-0.2, 0) is 6.18 Å². The zero-order valence-corrected chi connectivity index (χ0v) is 15.2. The third-order valence-corrected chi connectivity index (χ3v) is 4.49. The molecule has 0 aliphatic heterocycles. The van der Waals surface area contributed by atoms with E-state index in [0.717, 1.165) is 37.8 Å². The van der Waals surface area contributed by atoms with Crippen molar-refractivity contribution in [2.24, 2.45) is 4.99 Å². The van der Waals surface area contributed by atoms with Gasteiger partial charge in [0, 0.05) is 11.6 Å². The Morgan fingerprint density at radius 1 is 1.25 bits per heavy atom. The highest BCUT2D eigenvalue weighted by molar-refractivity contribution is 6.30. The number of halogens is 5. The number of guanidine groups is 1. The molecule has 1 aromatic heterocycles. The zero-order chi connectivity index (χ0) is 20.3.